The molecule has 0 aliphatic carbocycles. The topological polar surface area (TPSA) is 69.6 Å². The van der Waals surface area contributed by atoms with Crippen molar-refractivity contribution in [2.45, 2.75) is 13.0 Å². The van der Waals surface area contributed by atoms with Gasteiger partial charge in [-0.15, -0.1) is 0 Å². The number of aliphatic hydroxyl groups excluding tert-OH is 1. The number of carbonyl (C=O) groups excluding carboxylic acids is 1. The Labute approximate surface area is 88.6 Å². The maximum Gasteiger partial charge on any atom is 0.176 e. The molecule has 0 radical (unpaired) electrons. The summed E-state index contributed by atoms with van der Waals surface area (Å²) in [6, 6.07) is 6.10. The van der Waals surface area contributed by atoms with Gasteiger partial charge in [0.2, 0.25) is 0 Å². The first-order valence-corrected chi connectivity index (χ1v) is 4.80. The van der Waals surface area contributed by atoms with Crippen molar-refractivity contribution < 1.29 is 15.0 Å². The van der Waals surface area contributed by atoms with Gasteiger partial charge in [0.25, 0.3) is 0 Å². The van der Waals surface area contributed by atoms with Gasteiger partial charge in [0, 0.05) is 11.6 Å². The van der Waals surface area contributed by atoms with Gasteiger partial charge in [0.05, 0.1) is 13.2 Å². The van der Waals surface area contributed by atoms with Crippen molar-refractivity contribution in [3.8, 4) is 5.75 Å². The third kappa shape index (κ3) is 3.69. The number of phenols is 1. The maximum absolute atomic E-state index is 11.6. The van der Waals surface area contributed by atoms with E-state index in [1.54, 1.807) is 19.1 Å². The molecule has 0 aliphatic heterocycles. The molecule has 0 aromatic heterocycles. The molecule has 15 heavy (non-hydrogen) atoms. The molecule has 0 saturated heterocycles. The van der Waals surface area contributed by atoms with E-state index in [0.29, 0.717) is 5.56 Å². The average molecular weight is 209 g/mol. The lowest BCUT2D eigenvalue weighted by molar-refractivity contribution is 0.0983. The molecule has 3 N–H and O–H groups in total. The summed E-state index contributed by atoms with van der Waals surface area (Å²) in [5, 5.41) is 20.8. The predicted octanol–water partition coefficient (Wildman–Crippen LogP) is 0.545. The van der Waals surface area contributed by atoms with E-state index in [9.17, 15) is 9.90 Å². The molecule has 0 heterocycles. The molecule has 0 fully saturated rings. The largest absolute Gasteiger partial charge is 0.508 e. The molecule has 0 spiro atoms. The number of benzene rings is 1. The molecular weight excluding hydrogens is 194 g/mol. The van der Waals surface area contributed by atoms with Gasteiger partial charge in [-0.25, -0.2) is 0 Å². The summed E-state index contributed by atoms with van der Waals surface area (Å²) < 4.78 is 0. The third-order valence-electron chi connectivity index (χ3n) is 2.05. The Kier molecular flexibility index (Phi) is 4.27. The molecular formula is C11H15NO3. The Morgan fingerprint density at radius 3 is 2.87 bits per heavy atom. The highest BCUT2D eigenvalue weighted by Crippen LogP contribution is 2.10. The number of rotatable bonds is 5. The molecule has 4 nitrogen and oxygen atoms in total. The zero-order chi connectivity index (χ0) is 11.3. The van der Waals surface area contributed by atoms with Crippen LogP contribution < -0.4 is 5.32 Å². The van der Waals surface area contributed by atoms with Gasteiger partial charge < -0.3 is 15.5 Å². The minimum atomic E-state index is -0.105. The van der Waals surface area contributed by atoms with E-state index in [1.165, 1.54) is 12.1 Å². The lowest BCUT2D eigenvalue weighted by atomic mass is 10.1. The SMILES string of the molecule is CC(CO)NCC(=O)c1cccc(O)c1. The fraction of sp³-hybridized carbons (Fsp3) is 0.364. The quantitative estimate of drug-likeness (QED) is 0.619. The number of aromatic hydroxyl groups is 1. The van der Waals surface area contributed by atoms with Gasteiger partial charge in [-0.2, -0.15) is 0 Å². The van der Waals surface area contributed by atoms with Gasteiger partial charge in [-0.05, 0) is 19.1 Å². The minimum absolute atomic E-state index is 0.00663. The number of Topliss-reactive ketones (excluding diaryl/α,β-unsaturated/α-hetero) is 1. The normalized spacial score (nSPS) is 12.4. The zero-order valence-corrected chi connectivity index (χ0v) is 8.60. The Hall–Kier alpha value is -1.39. The molecule has 4 heteroatoms. The van der Waals surface area contributed by atoms with Gasteiger partial charge in [0.1, 0.15) is 5.75 Å². The van der Waals surface area contributed by atoms with Crippen LogP contribution in [0, 0.1) is 0 Å². The van der Waals surface area contributed by atoms with Crippen LogP contribution in [0.1, 0.15) is 17.3 Å². The van der Waals surface area contributed by atoms with Crippen molar-refractivity contribution in [3.63, 3.8) is 0 Å². The predicted molar refractivity (Wildman–Crippen MR) is 57.0 cm³/mol. The van der Waals surface area contributed by atoms with Crippen LogP contribution in [0.25, 0.3) is 0 Å². The second-order valence-electron chi connectivity index (χ2n) is 3.44. The highest BCUT2D eigenvalue weighted by atomic mass is 16.3. The van der Waals surface area contributed by atoms with E-state index < -0.39 is 0 Å². The van der Waals surface area contributed by atoms with Crippen LogP contribution in [0.15, 0.2) is 24.3 Å². The zero-order valence-electron chi connectivity index (χ0n) is 8.60. The Morgan fingerprint density at radius 1 is 1.53 bits per heavy atom. The lowest BCUT2D eigenvalue weighted by Gasteiger charge is -2.09. The van der Waals surface area contributed by atoms with Gasteiger partial charge in [-0.3, -0.25) is 4.79 Å². The van der Waals surface area contributed by atoms with Gasteiger partial charge in [-0.1, -0.05) is 12.1 Å². The summed E-state index contributed by atoms with van der Waals surface area (Å²) in [6.45, 7) is 1.94. The summed E-state index contributed by atoms with van der Waals surface area (Å²) in [5.74, 6) is -0.0257. The Bertz CT molecular complexity index is 338. The lowest BCUT2D eigenvalue weighted by Crippen LogP contribution is -2.33. The van der Waals surface area contributed by atoms with Crippen molar-refractivity contribution >= 4 is 5.78 Å². The number of phenolic OH excluding ortho intramolecular Hbond substituents is 1. The molecule has 1 atom stereocenters. The number of aliphatic hydroxyl groups is 1. The Balaban J connectivity index is 2.54. The molecule has 0 saturated carbocycles. The molecule has 1 aromatic carbocycles. The van der Waals surface area contributed by atoms with Crippen LogP contribution >= 0.6 is 0 Å². The van der Waals surface area contributed by atoms with E-state index in [0.717, 1.165) is 0 Å². The summed E-state index contributed by atoms with van der Waals surface area (Å²) >= 11 is 0. The fourth-order valence-electron chi connectivity index (χ4n) is 1.11. The number of hydrogen-bond acceptors (Lipinski definition) is 4. The van der Waals surface area contributed by atoms with Crippen LogP contribution in [0.3, 0.4) is 0 Å². The maximum atomic E-state index is 11.6. The molecule has 1 aromatic rings. The molecule has 0 amide bonds. The molecule has 0 aliphatic rings. The van der Waals surface area contributed by atoms with Crippen LogP contribution in [-0.4, -0.2) is 35.2 Å². The Morgan fingerprint density at radius 2 is 2.27 bits per heavy atom. The van der Waals surface area contributed by atoms with Crippen molar-refractivity contribution in [2.75, 3.05) is 13.2 Å². The summed E-state index contributed by atoms with van der Waals surface area (Å²) in [5.41, 5.74) is 0.465. The van der Waals surface area contributed by atoms with Crippen molar-refractivity contribution in [3.05, 3.63) is 29.8 Å². The highest BCUT2D eigenvalue weighted by Gasteiger charge is 2.07. The van der Waals surface area contributed by atoms with Crippen molar-refractivity contribution in [1.29, 1.82) is 0 Å². The number of nitrogens with one attached hydrogen (secondary N) is 1. The minimum Gasteiger partial charge on any atom is -0.508 e. The monoisotopic (exact) mass is 209 g/mol. The second-order valence-corrected chi connectivity index (χ2v) is 3.44. The van der Waals surface area contributed by atoms with Crippen LogP contribution in [-0.2, 0) is 0 Å². The number of hydrogen-bond donors (Lipinski definition) is 3. The van der Waals surface area contributed by atoms with E-state index in [2.05, 4.69) is 5.32 Å². The van der Waals surface area contributed by atoms with E-state index >= 15 is 0 Å². The third-order valence-corrected chi connectivity index (χ3v) is 2.05. The van der Waals surface area contributed by atoms with Crippen LogP contribution in [0.4, 0.5) is 0 Å². The van der Waals surface area contributed by atoms with Crippen LogP contribution in [0.2, 0.25) is 0 Å². The molecule has 1 unspecified atom stereocenters. The van der Waals surface area contributed by atoms with Crippen LogP contribution in [0.5, 0.6) is 5.75 Å². The summed E-state index contributed by atoms with van der Waals surface area (Å²) in [6.07, 6.45) is 0. The van der Waals surface area contributed by atoms with E-state index in [-0.39, 0.29) is 30.7 Å². The highest BCUT2D eigenvalue weighted by molar-refractivity contribution is 5.97. The average Bonchev–Trinajstić information content (AvgIpc) is 2.25. The molecule has 1 rings (SSSR count). The first-order chi connectivity index (χ1) is 7.13. The van der Waals surface area contributed by atoms with E-state index in [1.807, 2.05) is 0 Å². The summed E-state index contributed by atoms with van der Waals surface area (Å²) in [4.78, 5) is 11.6. The van der Waals surface area contributed by atoms with Gasteiger partial charge in [0.15, 0.2) is 5.78 Å². The van der Waals surface area contributed by atoms with Crippen molar-refractivity contribution in [2.24, 2.45) is 0 Å². The fourth-order valence-corrected chi connectivity index (χ4v) is 1.11. The number of ketones is 1. The van der Waals surface area contributed by atoms with E-state index in [4.69, 9.17) is 5.11 Å². The van der Waals surface area contributed by atoms with Gasteiger partial charge >= 0.3 is 0 Å². The second kappa shape index (κ2) is 5.48. The first-order valence-electron chi connectivity index (χ1n) is 4.80. The smallest absolute Gasteiger partial charge is 0.176 e. The van der Waals surface area contributed by atoms with Crippen molar-refractivity contribution in [1.82, 2.24) is 5.32 Å². The first kappa shape index (κ1) is 11.7. The molecule has 82 valence electrons. The standard InChI is InChI=1S/C11H15NO3/c1-8(7-13)12-6-11(15)9-3-2-4-10(14)5-9/h2-5,8,12-14H,6-7H2,1H3. The molecule has 0 bridgehead atoms. The number of carbonyl (C=O) groups is 1. The summed E-state index contributed by atoms with van der Waals surface area (Å²) in [7, 11) is 0.